The fraction of sp³-hybridized carbons (Fsp3) is 0.538. The van der Waals surface area contributed by atoms with E-state index >= 15 is 0 Å². The van der Waals surface area contributed by atoms with Gasteiger partial charge in [0.2, 0.25) is 0 Å². The SMILES string of the molecule is CC1(n2c(CCCl)nc3cc(Br)cnc32)CCS(=O)(=O)C1. The van der Waals surface area contributed by atoms with E-state index in [1.165, 1.54) is 0 Å². The highest BCUT2D eigenvalue weighted by molar-refractivity contribution is 9.10. The topological polar surface area (TPSA) is 64.8 Å². The summed E-state index contributed by atoms with van der Waals surface area (Å²) in [7, 11) is -3.01. The third-order valence-electron chi connectivity index (χ3n) is 3.87. The number of pyridine rings is 1. The average molecular weight is 393 g/mol. The molecule has 5 nitrogen and oxygen atoms in total. The molecule has 1 saturated heterocycles. The molecule has 0 radical (unpaired) electrons. The molecule has 1 unspecified atom stereocenters. The highest BCUT2D eigenvalue weighted by Gasteiger charge is 2.42. The number of alkyl halides is 1. The maximum absolute atomic E-state index is 11.9. The van der Waals surface area contributed by atoms with Crippen LogP contribution in [-0.2, 0) is 21.8 Å². The van der Waals surface area contributed by atoms with E-state index in [0.29, 0.717) is 18.7 Å². The average Bonchev–Trinajstić information content (AvgIpc) is 2.87. The zero-order valence-electron chi connectivity index (χ0n) is 11.5. The molecule has 114 valence electrons. The van der Waals surface area contributed by atoms with Gasteiger partial charge in [-0.3, -0.25) is 0 Å². The van der Waals surface area contributed by atoms with Crippen LogP contribution < -0.4 is 0 Å². The molecule has 0 aromatic carbocycles. The molecule has 2 aromatic heterocycles. The molecule has 8 heteroatoms. The molecule has 0 aliphatic carbocycles. The molecule has 3 rings (SSSR count). The smallest absolute Gasteiger partial charge is 0.160 e. The summed E-state index contributed by atoms with van der Waals surface area (Å²) in [6.45, 7) is 1.96. The van der Waals surface area contributed by atoms with Crippen LogP contribution in [0.4, 0.5) is 0 Å². The Morgan fingerprint density at radius 2 is 2.29 bits per heavy atom. The summed E-state index contributed by atoms with van der Waals surface area (Å²) in [5.41, 5.74) is 0.975. The fourth-order valence-corrected chi connectivity index (χ4v) is 5.58. The van der Waals surface area contributed by atoms with Gasteiger partial charge in [0.25, 0.3) is 0 Å². The van der Waals surface area contributed by atoms with Crippen molar-refractivity contribution < 1.29 is 8.42 Å². The summed E-state index contributed by atoms with van der Waals surface area (Å²) in [6.07, 6.45) is 2.87. The van der Waals surface area contributed by atoms with E-state index in [-0.39, 0.29) is 11.5 Å². The molecule has 1 fully saturated rings. The van der Waals surface area contributed by atoms with E-state index in [2.05, 4.69) is 25.9 Å². The number of hydrogen-bond acceptors (Lipinski definition) is 4. The first-order valence-corrected chi connectivity index (χ1v) is 9.79. The van der Waals surface area contributed by atoms with Gasteiger partial charge in [-0.2, -0.15) is 0 Å². The van der Waals surface area contributed by atoms with Gasteiger partial charge in [-0.1, -0.05) is 0 Å². The van der Waals surface area contributed by atoms with Crippen molar-refractivity contribution in [2.75, 3.05) is 17.4 Å². The van der Waals surface area contributed by atoms with Gasteiger partial charge in [0.05, 0.1) is 17.0 Å². The van der Waals surface area contributed by atoms with Crippen LogP contribution in [0.1, 0.15) is 19.2 Å². The van der Waals surface area contributed by atoms with Crippen molar-refractivity contribution in [1.82, 2.24) is 14.5 Å². The standard InChI is InChI=1S/C13H15BrClN3O2S/c1-13(3-5-21(19,20)8-13)18-11(2-4-15)17-10-6-9(14)7-16-12(10)18/h6-7H,2-5,8H2,1H3. The van der Waals surface area contributed by atoms with Crippen LogP contribution >= 0.6 is 27.5 Å². The minimum atomic E-state index is -3.01. The monoisotopic (exact) mass is 391 g/mol. The highest BCUT2D eigenvalue weighted by atomic mass is 79.9. The first-order chi connectivity index (χ1) is 9.85. The molecule has 1 atom stereocenters. The predicted molar refractivity (Wildman–Crippen MR) is 86.6 cm³/mol. The first-order valence-electron chi connectivity index (χ1n) is 6.64. The number of fused-ring (bicyclic) bond motifs is 1. The van der Waals surface area contributed by atoms with Gasteiger partial charge in [0, 0.05) is 23.0 Å². The summed E-state index contributed by atoms with van der Waals surface area (Å²) in [5.74, 6) is 1.57. The number of sulfone groups is 1. The molecule has 21 heavy (non-hydrogen) atoms. The maximum atomic E-state index is 11.9. The molecule has 1 aliphatic heterocycles. The molecule has 0 bridgehead atoms. The fourth-order valence-electron chi connectivity index (χ4n) is 2.98. The third kappa shape index (κ3) is 2.71. The number of halogens is 2. The van der Waals surface area contributed by atoms with Crippen LogP contribution in [0.2, 0.25) is 0 Å². The Morgan fingerprint density at radius 1 is 1.52 bits per heavy atom. The molecule has 2 aromatic rings. The van der Waals surface area contributed by atoms with Crippen molar-refractivity contribution in [3.8, 4) is 0 Å². The summed E-state index contributed by atoms with van der Waals surface area (Å²) in [4.78, 5) is 9.03. The van der Waals surface area contributed by atoms with E-state index in [4.69, 9.17) is 11.6 Å². The maximum Gasteiger partial charge on any atom is 0.160 e. The minimum absolute atomic E-state index is 0.124. The van der Waals surface area contributed by atoms with Crippen molar-refractivity contribution in [3.63, 3.8) is 0 Å². The van der Waals surface area contributed by atoms with Gasteiger partial charge in [0.15, 0.2) is 15.5 Å². The molecule has 0 saturated carbocycles. The largest absolute Gasteiger partial charge is 0.306 e. The Balaban J connectivity index is 2.22. The van der Waals surface area contributed by atoms with Crippen LogP contribution in [0.25, 0.3) is 11.2 Å². The van der Waals surface area contributed by atoms with Crippen LogP contribution in [0.5, 0.6) is 0 Å². The van der Waals surface area contributed by atoms with Gasteiger partial charge >= 0.3 is 0 Å². The number of nitrogens with zero attached hydrogens (tertiary/aromatic N) is 3. The van der Waals surface area contributed by atoms with Crippen LogP contribution in [0.15, 0.2) is 16.7 Å². The highest BCUT2D eigenvalue weighted by Crippen LogP contribution is 2.35. The molecule has 0 spiro atoms. The van der Waals surface area contributed by atoms with E-state index in [0.717, 1.165) is 21.5 Å². The van der Waals surface area contributed by atoms with E-state index in [1.54, 1.807) is 6.20 Å². The lowest BCUT2D eigenvalue weighted by Gasteiger charge is -2.26. The van der Waals surface area contributed by atoms with Crippen molar-refractivity contribution in [2.24, 2.45) is 0 Å². The Kier molecular flexibility index (Phi) is 3.78. The van der Waals surface area contributed by atoms with E-state index in [1.807, 2.05) is 17.6 Å². The normalized spacial score (nSPS) is 24.7. The number of imidazole rings is 1. The van der Waals surface area contributed by atoms with Crippen LogP contribution in [-0.4, -0.2) is 40.3 Å². The molecular formula is C13H15BrClN3O2S. The van der Waals surface area contributed by atoms with Gasteiger partial charge in [-0.05, 0) is 35.3 Å². The van der Waals surface area contributed by atoms with Gasteiger partial charge in [-0.15, -0.1) is 11.6 Å². The van der Waals surface area contributed by atoms with Crippen molar-refractivity contribution in [2.45, 2.75) is 25.3 Å². The number of rotatable bonds is 3. The zero-order chi connectivity index (χ0) is 15.3. The molecule has 0 amide bonds. The molecule has 3 heterocycles. The third-order valence-corrected chi connectivity index (χ3v) is 6.38. The zero-order valence-corrected chi connectivity index (χ0v) is 14.7. The molecule has 1 aliphatic rings. The summed E-state index contributed by atoms with van der Waals surface area (Å²) < 4.78 is 26.6. The summed E-state index contributed by atoms with van der Waals surface area (Å²) >= 11 is 9.26. The minimum Gasteiger partial charge on any atom is -0.306 e. The van der Waals surface area contributed by atoms with Gasteiger partial charge in [-0.25, -0.2) is 18.4 Å². The van der Waals surface area contributed by atoms with Crippen molar-refractivity contribution in [1.29, 1.82) is 0 Å². The lowest BCUT2D eigenvalue weighted by molar-refractivity contribution is 0.363. The number of hydrogen-bond donors (Lipinski definition) is 0. The second-order valence-electron chi connectivity index (χ2n) is 5.64. The summed E-state index contributed by atoms with van der Waals surface area (Å²) in [6, 6.07) is 1.89. The van der Waals surface area contributed by atoms with Crippen molar-refractivity contribution in [3.05, 3.63) is 22.6 Å². The van der Waals surface area contributed by atoms with Crippen molar-refractivity contribution >= 4 is 48.5 Å². The first kappa shape index (κ1) is 15.2. The number of aromatic nitrogens is 3. The van der Waals surface area contributed by atoms with Gasteiger partial charge < -0.3 is 4.57 Å². The Labute approximate surface area is 136 Å². The Hall–Kier alpha value is -0.660. The molecular weight excluding hydrogens is 378 g/mol. The second-order valence-corrected chi connectivity index (χ2v) is 9.12. The van der Waals surface area contributed by atoms with Gasteiger partial charge in [0.1, 0.15) is 11.3 Å². The lowest BCUT2D eigenvalue weighted by atomic mass is 10.0. The molecule has 0 N–H and O–H groups in total. The van der Waals surface area contributed by atoms with E-state index in [9.17, 15) is 8.42 Å². The lowest BCUT2D eigenvalue weighted by Crippen LogP contribution is -2.33. The number of aryl methyl sites for hydroxylation is 1. The van der Waals surface area contributed by atoms with E-state index < -0.39 is 15.4 Å². The second kappa shape index (κ2) is 5.21. The Morgan fingerprint density at radius 3 is 2.90 bits per heavy atom. The Bertz CT molecular complexity index is 805. The predicted octanol–water partition coefficient (Wildman–Crippen LogP) is 2.51. The summed E-state index contributed by atoms with van der Waals surface area (Å²) in [5, 5.41) is 0. The quantitative estimate of drug-likeness (QED) is 0.753. The van der Waals surface area contributed by atoms with Crippen LogP contribution in [0.3, 0.4) is 0 Å². The van der Waals surface area contributed by atoms with Crippen LogP contribution in [0, 0.1) is 0 Å².